The summed E-state index contributed by atoms with van der Waals surface area (Å²) in [6.45, 7) is 6.90. The zero-order chi connectivity index (χ0) is 8.43. The van der Waals surface area contributed by atoms with Crippen LogP contribution in [0.5, 0.6) is 0 Å². The molecule has 2 radical (unpaired) electrons. The molecule has 0 saturated heterocycles. The molecule has 0 aromatic heterocycles. The van der Waals surface area contributed by atoms with Gasteiger partial charge in [0.1, 0.15) is 0 Å². The smallest absolute Gasteiger partial charge is 0.0703 e. The lowest BCUT2D eigenvalue weighted by molar-refractivity contribution is 0.236. The fourth-order valence-corrected chi connectivity index (χ4v) is 2.28. The Bertz CT molecular complexity index is 120. The first-order valence-electron chi connectivity index (χ1n) is 4.87. The highest BCUT2D eigenvalue weighted by atomic mass is 14.3. The summed E-state index contributed by atoms with van der Waals surface area (Å²) in [5, 5.41) is 0. The molecule has 1 aliphatic carbocycles. The standard InChI is InChI=1S/C10H19B/c1-7(2)9-5-4-8(3)6-10(9)11/h7-10H,4-6H2,1-3H3. The maximum atomic E-state index is 6.07. The second-order valence-corrected chi connectivity index (χ2v) is 4.49. The van der Waals surface area contributed by atoms with Crippen molar-refractivity contribution in [3.63, 3.8) is 0 Å². The van der Waals surface area contributed by atoms with E-state index in [2.05, 4.69) is 20.8 Å². The van der Waals surface area contributed by atoms with Gasteiger partial charge in [0.2, 0.25) is 0 Å². The Balaban J connectivity index is 2.44. The van der Waals surface area contributed by atoms with Crippen LogP contribution in [-0.2, 0) is 0 Å². The van der Waals surface area contributed by atoms with Crippen molar-refractivity contribution in [3.05, 3.63) is 0 Å². The van der Waals surface area contributed by atoms with Crippen LogP contribution in [0.25, 0.3) is 0 Å². The van der Waals surface area contributed by atoms with Crippen LogP contribution in [0.2, 0.25) is 5.82 Å². The van der Waals surface area contributed by atoms with Gasteiger partial charge in [-0.1, -0.05) is 45.9 Å². The van der Waals surface area contributed by atoms with Gasteiger partial charge in [-0.25, -0.2) is 0 Å². The van der Waals surface area contributed by atoms with Crippen molar-refractivity contribution < 1.29 is 0 Å². The molecule has 0 bridgehead atoms. The number of hydrogen-bond donors (Lipinski definition) is 0. The van der Waals surface area contributed by atoms with Crippen LogP contribution in [0, 0.1) is 17.8 Å². The zero-order valence-corrected chi connectivity index (χ0v) is 8.01. The van der Waals surface area contributed by atoms with Crippen LogP contribution in [0.3, 0.4) is 0 Å². The number of rotatable bonds is 1. The van der Waals surface area contributed by atoms with Crippen molar-refractivity contribution in [1.82, 2.24) is 0 Å². The molecule has 0 spiro atoms. The van der Waals surface area contributed by atoms with Crippen LogP contribution in [0.4, 0.5) is 0 Å². The first-order valence-corrected chi connectivity index (χ1v) is 4.87. The summed E-state index contributed by atoms with van der Waals surface area (Å²) in [7, 11) is 6.07. The molecule has 1 heteroatoms. The molecule has 3 atom stereocenters. The van der Waals surface area contributed by atoms with Crippen molar-refractivity contribution in [2.45, 2.75) is 45.9 Å². The largest absolute Gasteiger partial charge is 0.0741 e. The Morgan fingerprint density at radius 2 is 1.91 bits per heavy atom. The molecule has 1 saturated carbocycles. The molecule has 1 rings (SSSR count). The topological polar surface area (TPSA) is 0 Å². The monoisotopic (exact) mass is 150 g/mol. The minimum atomic E-state index is 0.471. The van der Waals surface area contributed by atoms with Crippen molar-refractivity contribution in [3.8, 4) is 0 Å². The zero-order valence-electron chi connectivity index (χ0n) is 8.01. The molecular weight excluding hydrogens is 131 g/mol. The second kappa shape index (κ2) is 3.64. The maximum absolute atomic E-state index is 6.07. The summed E-state index contributed by atoms with van der Waals surface area (Å²) in [5.74, 6) is 2.89. The molecule has 1 aliphatic rings. The molecule has 11 heavy (non-hydrogen) atoms. The van der Waals surface area contributed by atoms with Gasteiger partial charge in [0, 0.05) is 0 Å². The van der Waals surface area contributed by atoms with E-state index in [9.17, 15) is 0 Å². The van der Waals surface area contributed by atoms with Crippen molar-refractivity contribution in [2.24, 2.45) is 17.8 Å². The van der Waals surface area contributed by atoms with E-state index < -0.39 is 0 Å². The van der Waals surface area contributed by atoms with E-state index >= 15 is 0 Å². The van der Waals surface area contributed by atoms with Crippen molar-refractivity contribution in [1.29, 1.82) is 0 Å². The highest BCUT2D eigenvalue weighted by molar-refractivity contribution is 6.11. The Morgan fingerprint density at radius 3 is 2.36 bits per heavy atom. The van der Waals surface area contributed by atoms with Gasteiger partial charge < -0.3 is 0 Å². The SMILES string of the molecule is [B]C1CC(C)CCC1C(C)C. The predicted octanol–water partition coefficient (Wildman–Crippen LogP) is 3.04. The quantitative estimate of drug-likeness (QED) is 0.504. The lowest BCUT2D eigenvalue weighted by Gasteiger charge is -2.35. The molecule has 1 fully saturated rings. The third-order valence-electron chi connectivity index (χ3n) is 3.07. The van der Waals surface area contributed by atoms with Gasteiger partial charge in [-0.3, -0.25) is 0 Å². The van der Waals surface area contributed by atoms with E-state index in [1.165, 1.54) is 19.3 Å². The summed E-state index contributed by atoms with van der Waals surface area (Å²) in [6.07, 6.45) is 3.97. The molecule has 3 unspecified atom stereocenters. The average molecular weight is 150 g/mol. The van der Waals surface area contributed by atoms with Gasteiger partial charge >= 0.3 is 0 Å². The van der Waals surface area contributed by atoms with Crippen molar-refractivity contribution in [2.75, 3.05) is 0 Å². The summed E-state index contributed by atoms with van der Waals surface area (Å²) < 4.78 is 0. The summed E-state index contributed by atoms with van der Waals surface area (Å²) in [4.78, 5) is 0. The minimum absolute atomic E-state index is 0.471. The summed E-state index contributed by atoms with van der Waals surface area (Å²) in [6, 6.07) is 0. The highest BCUT2D eigenvalue weighted by Gasteiger charge is 2.26. The molecule has 62 valence electrons. The Kier molecular flexibility index (Phi) is 3.03. The van der Waals surface area contributed by atoms with Crippen LogP contribution in [0.1, 0.15) is 40.0 Å². The Hall–Kier alpha value is 0.0649. The third-order valence-corrected chi connectivity index (χ3v) is 3.07. The van der Waals surface area contributed by atoms with Gasteiger partial charge in [-0.05, 0) is 17.8 Å². The Labute approximate surface area is 72.2 Å². The Morgan fingerprint density at radius 1 is 1.27 bits per heavy atom. The molecule has 0 aromatic rings. The molecule has 0 N–H and O–H groups in total. The molecule has 0 aromatic carbocycles. The van der Waals surface area contributed by atoms with Crippen LogP contribution in [-0.4, -0.2) is 7.85 Å². The molecule has 0 aliphatic heterocycles. The van der Waals surface area contributed by atoms with E-state index in [1.807, 2.05) is 0 Å². The second-order valence-electron chi connectivity index (χ2n) is 4.49. The van der Waals surface area contributed by atoms with E-state index in [-0.39, 0.29) is 0 Å². The van der Waals surface area contributed by atoms with Gasteiger partial charge in [-0.15, -0.1) is 0 Å². The van der Waals surface area contributed by atoms with Crippen LogP contribution >= 0.6 is 0 Å². The minimum Gasteiger partial charge on any atom is -0.0741 e. The third kappa shape index (κ3) is 2.25. The maximum Gasteiger partial charge on any atom is 0.0703 e. The molecule has 0 amide bonds. The predicted molar refractivity (Wildman–Crippen MR) is 50.8 cm³/mol. The molecular formula is C10H19B. The average Bonchev–Trinajstić information content (AvgIpc) is 1.85. The lowest BCUT2D eigenvalue weighted by atomic mass is 9.62. The van der Waals surface area contributed by atoms with Crippen molar-refractivity contribution >= 4 is 7.85 Å². The number of hydrogen-bond acceptors (Lipinski definition) is 0. The van der Waals surface area contributed by atoms with Gasteiger partial charge in [0.05, 0.1) is 7.85 Å². The van der Waals surface area contributed by atoms with E-state index in [1.54, 1.807) is 0 Å². The van der Waals surface area contributed by atoms with E-state index in [4.69, 9.17) is 7.85 Å². The van der Waals surface area contributed by atoms with Gasteiger partial charge in [-0.2, -0.15) is 0 Å². The summed E-state index contributed by atoms with van der Waals surface area (Å²) >= 11 is 0. The first-order chi connectivity index (χ1) is 5.11. The van der Waals surface area contributed by atoms with E-state index in [0.29, 0.717) is 5.82 Å². The van der Waals surface area contributed by atoms with Gasteiger partial charge in [0.15, 0.2) is 0 Å². The first kappa shape index (κ1) is 9.16. The molecule has 0 nitrogen and oxygen atoms in total. The fraction of sp³-hybridized carbons (Fsp3) is 1.00. The molecule has 0 heterocycles. The van der Waals surface area contributed by atoms with Gasteiger partial charge in [0.25, 0.3) is 0 Å². The van der Waals surface area contributed by atoms with Crippen LogP contribution in [0.15, 0.2) is 0 Å². The highest BCUT2D eigenvalue weighted by Crippen LogP contribution is 2.39. The normalized spacial score (nSPS) is 39.5. The van der Waals surface area contributed by atoms with E-state index in [0.717, 1.165) is 17.8 Å². The van der Waals surface area contributed by atoms with Crippen LogP contribution < -0.4 is 0 Å². The fourth-order valence-electron chi connectivity index (χ4n) is 2.28. The summed E-state index contributed by atoms with van der Waals surface area (Å²) in [5.41, 5.74) is 0. The lowest BCUT2D eigenvalue weighted by Crippen LogP contribution is -2.23.